The van der Waals surface area contributed by atoms with Crippen LogP contribution in [0.1, 0.15) is 16.1 Å². The van der Waals surface area contributed by atoms with Crippen LogP contribution in [0.25, 0.3) is 0 Å². The summed E-state index contributed by atoms with van der Waals surface area (Å²) in [7, 11) is 0. The van der Waals surface area contributed by atoms with Crippen molar-refractivity contribution in [1.29, 1.82) is 0 Å². The fraction of sp³-hybridized carbons (Fsp3) is 0.154. The molecular weight excluding hydrogens is 323 g/mol. The van der Waals surface area contributed by atoms with Crippen molar-refractivity contribution in [2.24, 2.45) is 0 Å². The Bertz CT molecular complexity index is 733. The van der Waals surface area contributed by atoms with Gasteiger partial charge in [-0.3, -0.25) is 9.59 Å². The zero-order chi connectivity index (χ0) is 16.4. The van der Waals surface area contributed by atoms with Crippen molar-refractivity contribution in [2.45, 2.75) is 11.2 Å². The van der Waals surface area contributed by atoms with Crippen LogP contribution in [-0.4, -0.2) is 22.1 Å². The first kappa shape index (κ1) is 16.0. The van der Waals surface area contributed by atoms with Gasteiger partial charge >= 0.3 is 6.18 Å². The van der Waals surface area contributed by atoms with Gasteiger partial charge in [0.15, 0.2) is 0 Å². The molecule has 2 aromatic rings. The molecule has 0 aliphatic heterocycles. The molecule has 0 radical (unpaired) electrons. The minimum absolute atomic E-state index is 0.0124. The Morgan fingerprint density at radius 2 is 1.86 bits per heavy atom. The molecule has 0 aliphatic carbocycles. The molecule has 116 valence electrons. The van der Waals surface area contributed by atoms with Gasteiger partial charge in [0, 0.05) is 11.6 Å². The molecule has 5 nitrogen and oxygen atoms in total. The first-order valence-electron chi connectivity index (χ1n) is 5.92. The molecule has 9 heteroatoms. The minimum Gasteiger partial charge on any atom is -0.321 e. The average molecular weight is 332 g/mol. The van der Waals surface area contributed by atoms with Crippen molar-refractivity contribution in [1.82, 2.24) is 15.3 Å². The summed E-state index contributed by atoms with van der Waals surface area (Å²) in [4.78, 5) is 25.3. The third-order valence-corrected chi connectivity index (χ3v) is 3.25. The summed E-state index contributed by atoms with van der Waals surface area (Å²) in [5.74, 6) is -1.05. The second-order valence-electron chi connectivity index (χ2n) is 4.27. The van der Waals surface area contributed by atoms with E-state index in [0.717, 1.165) is 6.33 Å². The Morgan fingerprint density at radius 3 is 2.41 bits per heavy atom. The molecule has 1 aromatic heterocycles. The maximum atomic E-state index is 13.3. The molecular formula is C13H9ClF3N3O2. The lowest BCUT2D eigenvalue weighted by atomic mass is 10.1. The monoisotopic (exact) mass is 331 g/mol. The van der Waals surface area contributed by atoms with E-state index < -0.39 is 28.3 Å². The average Bonchev–Trinajstić information content (AvgIpc) is 2.47. The zero-order valence-corrected chi connectivity index (χ0v) is 11.6. The molecule has 1 unspecified atom stereocenters. The number of H-pyrrole nitrogens is 1. The minimum atomic E-state index is -5.07. The van der Waals surface area contributed by atoms with E-state index in [2.05, 4.69) is 9.97 Å². The number of carbonyl (C=O) groups excluding carboxylic acids is 1. The lowest BCUT2D eigenvalue weighted by molar-refractivity contribution is -0.171. The summed E-state index contributed by atoms with van der Waals surface area (Å²) >= 11 is 5.59. The number of nitrogens with zero attached hydrogens (tertiary/aromatic N) is 1. The van der Waals surface area contributed by atoms with E-state index in [9.17, 15) is 22.8 Å². The summed E-state index contributed by atoms with van der Waals surface area (Å²) in [5.41, 5.74) is -1.66. The highest BCUT2D eigenvalue weighted by atomic mass is 35.5. The Balaban J connectivity index is 2.43. The highest BCUT2D eigenvalue weighted by Crippen LogP contribution is 2.41. The van der Waals surface area contributed by atoms with E-state index in [-0.39, 0.29) is 5.56 Å². The number of carbonyl (C=O) groups is 1. The number of amides is 1. The second-order valence-corrected chi connectivity index (χ2v) is 4.84. The number of hydrogen-bond acceptors (Lipinski definition) is 3. The molecule has 0 bridgehead atoms. The van der Waals surface area contributed by atoms with Crippen LogP contribution in [-0.2, 0) is 5.00 Å². The fourth-order valence-corrected chi connectivity index (χ4v) is 1.84. The number of rotatable bonds is 3. The normalized spacial score (nSPS) is 14.2. The molecule has 22 heavy (non-hydrogen) atoms. The number of hydrogen-bond donors (Lipinski definition) is 2. The topological polar surface area (TPSA) is 74.8 Å². The van der Waals surface area contributed by atoms with Crippen molar-refractivity contribution >= 4 is 17.5 Å². The Hall–Kier alpha value is -2.35. The first-order chi connectivity index (χ1) is 10.2. The standard InChI is InChI=1S/C13H9ClF3N3O2/c14-12(13(15,16)17,9-6-10(21)19-7-18-9)20-11(22)8-4-2-1-3-5-8/h1-7H,(H,20,22)(H,18,19,21). The van der Waals surface area contributed by atoms with E-state index >= 15 is 0 Å². The maximum Gasteiger partial charge on any atom is 0.431 e. The molecule has 1 atom stereocenters. The van der Waals surface area contributed by atoms with Crippen molar-refractivity contribution in [3.05, 3.63) is 64.3 Å². The summed E-state index contributed by atoms with van der Waals surface area (Å²) in [6, 6.07) is 7.81. The molecule has 0 spiro atoms. The number of alkyl halides is 4. The Kier molecular flexibility index (Phi) is 4.23. The van der Waals surface area contributed by atoms with Gasteiger partial charge in [-0.15, -0.1) is 0 Å². The molecule has 1 aromatic carbocycles. The molecule has 2 N–H and O–H groups in total. The second kappa shape index (κ2) is 5.80. The van der Waals surface area contributed by atoms with Crippen LogP contribution in [0.3, 0.4) is 0 Å². The van der Waals surface area contributed by atoms with Crippen LogP contribution in [0, 0.1) is 0 Å². The van der Waals surface area contributed by atoms with Crippen LogP contribution < -0.4 is 10.9 Å². The van der Waals surface area contributed by atoms with Crippen LogP contribution in [0.2, 0.25) is 0 Å². The number of benzene rings is 1. The lowest BCUT2D eigenvalue weighted by Gasteiger charge is -2.29. The van der Waals surface area contributed by atoms with Crippen LogP contribution in [0.5, 0.6) is 0 Å². The van der Waals surface area contributed by atoms with Crippen LogP contribution >= 0.6 is 11.6 Å². The summed E-state index contributed by atoms with van der Waals surface area (Å²) < 4.78 is 39.9. The lowest BCUT2D eigenvalue weighted by Crippen LogP contribution is -2.52. The molecule has 0 fully saturated rings. The Labute approximate surface area is 127 Å². The molecule has 0 saturated carbocycles. The molecule has 1 amide bonds. The van der Waals surface area contributed by atoms with Gasteiger partial charge in [0.05, 0.1) is 12.0 Å². The SMILES string of the molecule is O=C(NC(Cl)(c1cc(=O)[nH]cn1)C(F)(F)F)c1ccccc1. The van der Waals surface area contributed by atoms with Gasteiger partial charge in [0.2, 0.25) is 0 Å². The fourth-order valence-electron chi connectivity index (χ4n) is 1.66. The molecule has 0 aliphatic rings. The predicted molar refractivity (Wildman–Crippen MR) is 72.4 cm³/mol. The smallest absolute Gasteiger partial charge is 0.321 e. The highest BCUT2D eigenvalue weighted by Gasteiger charge is 2.57. The van der Waals surface area contributed by atoms with Gasteiger partial charge in [-0.05, 0) is 12.1 Å². The largest absolute Gasteiger partial charge is 0.431 e. The van der Waals surface area contributed by atoms with Gasteiger partial charge < -0.3 is 10.3 Å². The van der Waals surface area contributed by atoms with Crippen molar-refractivity contribution in [3.63, 3.8) is 0 Å². The van der Waals surface area contributed by atoms with Gasteiger partial charge in [-0.2, -0.15) is 13.2 Å². The van der Waals surface area contributed by atoms with E-state index in [1.807, 2.05) is 0 Å². The number of aromatic nitrogens is 2. The summed E-state index contributed by atoms with van der Waals surface area (Å²) in [5, 5.41) is 1.68. The van der Waals surface area contributed by atoms with Gasteiger partial charge in [-0.25, -0.2) is 4.98 Å². The Morgan fingerprint density at radius 1 is 1.23 bits per heavy atom. The summed E-state index contributed by atoms with van der Waals surface area (Å²) in [6.07, 6.45) is -4.30. The molecule has 2 rings (SSSR count). The van der Waals surface area contributed by atoms with Crippen LogP contribution in [0.4, 0.5) is 13.2 Å². The van der Waals surface area contributed by atoms with Crippen molar-refractivity contribution in [3.8, 4) is 0 Å². The number of halogens is 4. The third kappa shape index (κ3) is 3.11. The van der Waals surface area contributed by atoms with E-state index in [0.29, 0.717) is 6.07 Å². The maximum absolute atomic E-state index is 13.3. The van der Waals surface area contributed by atoms with Gasteiger partial charge in [0.1, 0.15) is 0 Å². The highest BCUT2D eigenvalue weighted by molar-refractivity contribution is 6.25. The zero-order valence-electron chi connectivity index (χ0n) is 10.8. The van der Waals surface area contributed by atoms with E-state index in [1.54, 1.807) is 11.4 Å². The predicted octanol–water partition coefficient (Wildman–Crippen LogP) is 2.15. The van der Waals surface area contributed by atoms with Gasteiger partial charge in [0.25, 0.3) is 16.5 Å². The van der Waals surface area contributed by atoms with Crippen LogP contribution in [0.15, 0.2) is 47.5 Å². The quantitative estimate of drug-likeness (QED) is 0.668. The molecule has 0 saturated heterocycles. The molecule has 1 heterocycles. The number of nitrogens with one attached hydrogen (secondary N) is 2. The van der Waals surface area contributed by atoms with E-state index in [1.165, 1.54) is 24.3 Å². The first-order valence-corrected chi connectivity index (χ1v) is 6.30. The number of aromatic amines is 1. The summed E-state index contributed by atoms with van der Waals surface area (Å²) in [6.45, 7) is 0. The van der Waals surface area contributed by atoms with Crippen molar-refractivity contribution in [2.75, 3.05) is 0 Å². The van der Waals surface area contributed by atoms with Gasteiger partial charge in [-0.1, -0.05) is 29.8 Å². The van der Waals surface area contributed by atoms with Crippen molar-refractivity contribution < 1.29 is 18.0 Å². The van der Waals surface area contributed by atoms with E-state index in [4.69, 9.17) is 11.6 Å². The third-order valence-electron chi connectivity index (χ3n) is 2.74.